The smallest absolute Gasteiger partial charge is 0.306 e. The lowest BCUT2D eigenvalue weighted by atomic mass is 10.0. The summed E-state index contributed by atoms with van der Waals surface area (Å²) in [6, 6.07) is 0. The van der Waals surface area contributed by atoms with Crippen molar-refractivity contribution in [3.8, 4) is 0 Å². The van der Waals surface area contributed by atoms with E-state index in [9.17, 15) is 14.4 Å². The Balaban J connectivity index is 4.29. The monoisotopic (exact) mass is 1160 g/mol. The van der Waals surface area contributed by atoms with Crippen molar-refractivity contribution in [2.45, 2.75) is 399 Å². The molecular weight excluding hydrogens is 1020 g/mol. The molecule has 6 heteroatoms. The van der Waals surface area contributed by atoms with Gasteiger partial charge in [-0.2, -0.15) is 0 Å². The van der Waals surface area contributed by atoms with E-state index >= 15 is 0 Å². The van der Waals surface area contributed by atoms with Crippen molar-refractivity contribution < 1.29 is 28.6 Å². The van der Waals surface area contributed by atoms with E-state index in [-0.39, 0.29) is 31.1 Å². The van der Waals surface area contributed by atoms with Crippen LogP contribution in [0.25, 0.3) is 0 Å². The van der Waals surface area contributed by atoms with Gasteiger partial charge in [-0.1, -0.05) is 351 Å². The van der Waals surface area contributed by atoms with Gasteiger partial charge in [0.2, 0.25) is 0 Å². The van der Waals surface area contributed by atoms with Crippen molar-refractivity contribution in [1.82, 2.24) is 0 Å². The fourth-order valence-corrected chi connectivity index (χ4v) is 11.0. The van der Waals surface area contributed by atoms with Crippen LogP contribution in [0.2, 0.25) is 0 Å². The molecule has 484 valence electrons. The number of hydrogen-bond acceptors (Lipinski definition) is 6. The van der Waals surface area contributed by atoms with Gasteiger partial charge < -0.3 is 14.2 Å². The van der Waals surface area contributed by atoms with Crippen LogP contribution in [-0.4, -0.2) is 37.2 Å². The first-order valence-corrected chi connectivity index (χ1v) is 36.8. The van der Waals surface area contributed by atoms with E-state index in [1.807, 2.05) is 0 Å². The Bertz CT molecular complexity index is 1470. The normalized spacial score (nSPS) is 12.4. The minimum Gasteiger partial charge on any atom is -0.462 e. The standard InChI is InChI=1S/C77H140O6/c1-4-7-10-13-16-19-22-25-28-31-33-35-36-37-38-39-40-42-43-46-49-52-55-58-61-64-67-70-76(79)82-73-74(72-81-75(78)69-66-63-60-57-54-51-48-45-30-27-24-21-18-15-12-9-6-3)83-77(80)71-68-65-62-59-56-53-50-47-44-41-34-32-29-26-23-20-17-14-11-8-5-2/h9,12,18,21,27,30-31,33,48,51,74H,4-8,10-11,13-17,19-20,22-26,28-29,32,34-47,49-50,52-73H2,1-3H3/b12-9-,21-18-,30-27-,33-31-,51-48-. The van der Waals surface area contributed by atoms with Crippen LogP contribution in [0.15, 0.2) is 60.8 Å². The highest BCUT2D eigenvalue weighted by Crippen LogP contribution is 2.19. The van der Waals surface area contributed by atoms with Crippen LogP contribution in [0.1, 0.15) is 393 Å². The van der Waals surface area contributed by atoms with Gasteiger partial charge in [0.05, 0.1) is 0 Å². The van der Waals surface area contributed by atoms with Crippen molar-refractivity contribution in [3.05, 3.63) is 60.8 Å². The summed E-state index contributed by atoms with van der Waals surface area (Å²) in [7, 11) is 0. The summed E-state index contributed by atoms with van der Waals surface area (Å²) in [6.07, 6.45) is 92.6. The Morgan fingerprint density at radius 2 is 0.470 bits per heavy atom. The number of carbonyl (C=O) groups excluding carboxylic acids is 3. The molecule has 0 bridgehead atoms. The van der Waals surface area contributed by atoms with Gasteiger partial charge in [-0.05, 0) is 83.5 Å². The Morgan fingerprint density at radius 3 is 0.747 bits per heavy atom. The van der Waals surface area contributed by atoms with Gasteiger partial charge in [-0.3, -0.25) is 14.4 Å². The Hall–Kier alpha value is -2.89. The third-order valence-electron chi connectivity index (χ3n) is 16.5. The lowest BCUT2D eigenvalue weighted by molar-refractivity contribution is -0.167. The molecular formula is C77H140O6. The number of carbonyl (C=O) groups is 3. The molecule has 83 heavy (non-hydrogen) atoms. The number of ether oxygens (including phenoxy) is 3. The molecule has 0 aliphatic carbocycles. The second-order valence-electron chi connectivity index (χ2n) is 24.8. The van der Waals surface area contributed by atoms with Gasteiger partial charge in [0, 0.05) is 19.3 Å². The summed E-state index contributed by atoms with van der Waals surface area (Å²) in [5.41, 5.74) is 0. The fraction of sp³-hybridized carbons (Fsp3) is 0.831. The molecule has 0 heterocycles. The number of hydrogen-bond donors (Lipinski definition) is 0. The molecule has 0 aliphatic heterocycles. The molecule has 0 aromatic heterocycles. The summed E-state index contributed by atoms with van der Waals surface area (Å²) in [4.78, 5) is 38.5. The zero-order chi connectivity index (χ0) is 59.9. The maximum atomic E-state index is 13.0. The number of allylic oxidation sites excluding steroid dienone is 10. The second kappa shape index (κ2) is 71.6. The molecule has 0 saturated heterocycles. The topological polar surface area (TPSA) is 78.9 Å². The molecule has 0 saturated carbocycles. The molecule has 0 aliphatic rings. The molecule has 0 N–H and O–H groups in total. The SMILES string of the molecule is CC/C=C\C/C=C\C/C=C\C/C=C\CCCCCCC(=O)OCC(COC(=O)CCCCCCCCCCCCCCCCC/C=C\CCCCCCCCCC)OC(=O)CCCCCCCCCCCCCCCCCCCCCCC. The molecule has 0 aromatic carbocycles. The van der Waals surface area contributed by atoms with Crippen LogP contribution in [0, 0.1) is 0 Å². The van der Waals surface area contributed by atoms with Crippen molar-refractivity contribution >= 4 is 17.9 Å². The molecule has 6 nitrogen and oxygen atoms in total. The highest BCUT2D eigenvalue weighted by molar-refractivity contribution is 5.71. The van der Waals surface area contributed by atoms with Crippen LogP contribution in [0.5, 0.6) is 0 Å². The van der Waals surface area contributed by atoms with Crippen LogP contribution < -0.4 is 0 Å². The predicted molar refractivity (Wildman–Crippen MR) is 362 cm³/mol. The highest BCUT2D eigenvalue weighted by Gasteiger charge is 2.19. The van der Waals surface area contributed by atoms with E-state index in [0.717, 1.165) is 96.3 Å². The first-order valence-electron chi connectivity index (χ1n) is 36.8. The zero-order valence-corrected chi connectivity index (χ0v) is 55.7. The fourth-order valence-electron chi connectivity index (χ4n) is 11.0. The molecule has 1 atom stereocenters. The molecule has 0 spiro atoms. The van der Waals surface area contributed by atoms with Gasteiger partial charge in [-0.15, -0.1) is 0 Å². The summed E-state index contributed by atoms with van der Waals surface area (Å²) in [5, 5.41) is 0. The summed E-state index contributed by atoms with van der Waals surface area (Å²) >= 11 is 0. The minimum absolute atomic E-state index is 0.0776. The quantitative estimate of drug-likeness (QED) is 0.0261. The zero-order valence-electron chi connectivity index (χ0n) is 55.7. The van der Waals surface area contributed by atoms with Crippen molar-refractivity contribution in [3.63, 3.8) is 0 Å². The summed E-state index contributed by atoms with van der Waals surface area (Å²) in [5.74, 6) is -0.875. The van der Waals surface area contributed by atoms with E-state index in [0.29, 0.717) is 19.3 Å². The van der Waals surface area contributed by atoms with E-state index in [1.165, 1.54) is 257 Å². The lowest BCUT2D eigenvalue weighted by Crippen LogP contribution is -2.30. The van der Waals surface area contributed by atoms with Gasteiger partial charge in [0.15, 0.2) is 6.10 Å². The molecule has 1 unspecified atom stereocenters. The van der Waals surface area contributed by atoms with E-state index in [4.69, 9.17) is 14.2 Å². The van der Waals surface area contributed by atoms with Crippen LogP contribution in [0.4, 0.5) is 0 Å². The predicted octanol–water partition coefficient (Wildman–Crippen LogP) is 25.5. The molecule has 0 amide bonds. The number of esters is 3. The van der Waals surface area contributed by atoms with Crippen molar-refractivity contribution in [2.75, 3.05) is 13.2 Å². The summed E-state index contributed by atoms with van der Waals surface area (Å²) in [6.45, 7) is 6.58. The van der Waals surface area contributed by atoms with Crippen molar-refractivity contribution in [1.29, 1.82) is 0 Å². The maximum absolute atomic E-state index is 13.0. The molecule has 0 fully saturated rings. The third-order valence-corrected chi connectivity index (χ3v) is 16.5. The molecule has 0 radical (unpaired) electrons. The number of unbranched alkanes of at least 4 members (excludes halogenated alkanes) is 47. The van der Waals surface area contributed by atoms with Gasteiger partial charge in [-0.25, -0.2) is 0 Å². The van der Waals surface area contributed by atoms with E-state index < -0.39 is 6.10 Å². The number of rotatable bonds is 68. The molecule has 0 aromatic rings. The van der Waals surface area contributed by atoms with Crippen LogP contribution >= 0.6 is 0 Å². The second-order valence-corrected chi connectivity index (χ2v) is 24.8. The average Bonchev–Trinajstić information content (AvgIpc) is 3.50. The minimum atomic E-state index is -0.784. The van der Waals surface area contributed by atoms with Crippen molar-refractivity contribution in [2.24, 2.45) is 0 Å². The van der Waals surface area contributed by atoms with E-state index in [2.05, 4.69) is 81.5 Å². The largest absolute Gasteiger partial charge is 0.462 e. The average molecular weight is 1160 g/mol. The van der Waals surface area contributed by atoms with Gasteiger partial charge in [0.1, 0.15) is 13.2 Å². The Kier molecular flexibility index (Phi) is 69.1. The first kappa shape index (κ1) is 80.1. The lowest BCUT2D eigenvalue weighted by Gasteiger charge is -2.18. The molecule has 0 rings (SSSR count). The van der Waals surface area contributed by atoms with E-state index in [1.54, 1.807) is 0 Å². The highest BCUT2D eigenvalue weighted by atomic mass is 16.6. The summed E-state index contributed by atoms with van der Waals surface area (Å²) < 4.78 is 17.0. The van der Waals surface area contributed by atoms with Gasteiger partial charge in [0.25, 0.3) is 0 Å². The third kappa shape index (κ3) is 69.8. The van der Waals surface area contributed by atoms with Gasteiger partial charge >= 0.3 is 17.9 Å². The van der Waals surface area contributed by atoms with Crippen LogP contribution in [-0.2, 0) is 28.6 Å². The van der Waals surface area contributed by atoms with Crippen LogP contribution in [0.3, 0.4) is 0 Å². The Labute approximate surface area is 517 Å². The maximum Gasteiger partial charge on any atom is 0.306 e. The first-order chi connectivity index (χ1) is 41.0. The Morgan fingerprint density at radius 1 is 0.253 bits per heavy atom.